The van der Waals surface area contributed by atoms with E-state index in [1.807, 2.05) is 24.3 Å². The molecule has 0 bridgehead atoms. The number of aliphatic hydroxyl groups excluding tert-OH is 2. The molecule has 1 saturated heterocycles. The zero-order valence-corrected chi connectivity index (χ0v) is 21.9. The molecular weight excluding hydrogens is 518 g/mol. The smallest absolute Gasteiger partial charge is 0.566 e. The van der Waals surface area contributed by atoms with Crippen LogP contribution >= 0.6 is 28.3 Å². The summed E-state index contributed by atoms with van der Waals surface area (Å²) in [4.78, 5) is 19.6. The molecule has 1 aliphatic carbocycles. The van der Waals surface area contributed by atoms with Crippen molar-refractivity contribution in [3.8, 4) is 0 Å². The topological polar surface area (TPSA) is 159 Å². The van der Waals surface area contributed by atoms with E-state index >= 15 is 0 Å². The molecule has 0 saturated carbocycles. The molecule has 13 heteroatoms. The predicted octanol–water partition coefficient (Wildman–Crippen LogP) is 1.96. The minimum absolute atomic E-state index is 0. The monoisotopic (exact) mass is 538 g/mol. The number of rotatable bonds is 6. The van der Waals surface area contributed by atoms with Gasteiger partial charge in [-0.05, 0) is 15.2 Å². The molecule has 2 aromatic rings. The van der Waals surface area contributed by atoms with Gasteiger partial charge in [-0.3, -0.25) is 0 Å². The summed E-state index contributed by atoms with van der Waals surface area (Å²) in [5, 5.41) is 27.8. The average Bonchev–Trinajstić information content (AvgIpc) is 3.46. The van der Waals surface area contributed by atoms with Gasteiger partial charge in [0.05, 0.1) is 5.25 Å². The second kappa shape index (κ2) is 15.4. The molecular formula is C20H20CaO9P2S+2. The number of hydrogen-bond donors (Lipinski definition) is 3. The standard InChI is InChI=1S/2C7H7O4P.C6H6OS.Ca/c2*8-7(11-12(9)10)6-4-2-1-3-5-6;7-6-4-2-1-3-5(6)8-6;/h2*1-5,7-8H;1-5,7H;/q;;;+2. The SMILES string of the molecule is O=[P+]([O-])OC(O)c1ccccc1.O=[P+]([O-])OC(O)c1ccccc1.OC12C=CC=CC1S2.[Ca+2]. The van der Waals surface area contributed by atoms with Gasteiger partial charge in [0.25, 0.3) is 0 Å². The molecule has 6 atom stereocenters. The Balaban J connectivity index is 0.000000248. The van der Waals surface area contributed by atoms with E-state index in [2.05, 4.69) is 9.05 Å². The molecule has 1 fully saturated rings. The summed E-state index contributed by atoms with van der Waals surface area (Å²) < 4.78 is 28.4. The molecule has 4 rings (SSSR count). The van der Waals surface area contributed by atoms with Crippen LogP contribution in [-0.4, -0.2) is 63.2 Å². The van der Waals surface area contributed by atoms with Crippen molar-refractivity contribution in [3.05, 3.63) is 96.1 Å². The summed E-state index contributed by atoms with van der Waals surface area (Å²) in [5.41, 5.74) is 0.827. The van der Waals surface area contributed by atoms with Crippen molar-refractivity contribution in [2.45, 2.75) is 22.8 Å². The maximum atomic E-state index is 10.0. The molecule has 0 radical (unpaired) electrons. The van der Waals surface area contributed by atoms with Crippen LogP contribution < -0.4 is 9.79 Å². The summed E-state index contributed by atoms with van der Waals surface area (Å²) in [5.74, 6) is 0. The number of fused-ring (bicyclic) bond motifs is 1. The molecule has 170 valence electrons. The van der Waals surface area contributed by atoms with Crippen LogP contribution in [0, 0.1) is 0 Å². The molecule has 0 amide bonds. The maximum Gasteiger partial charge on any atom is 2.00 e. The second-order valence-corrected chi connectivity index (χ2v) is 8.93. The van der Waals surface area contributed by atoms with Gasteiger partial charge in [0, 0.05) is 11.1 Å². The van der Waals surface area contributed by atoms with Crippen molar-refractivity contribution < 1.29 is 43.3 Å². The molecule has 0 aromatic heterocycles. The van der Waals surface area contributed by atoms with E-state index in [1.54, 1.807) is 72.4 Å². The zero-order chi connectivity index (χ0) is 23.6. The molecule has 33 heavy (non-hydrogen) atoms. The minimum Gasteiger partial charge on any atom is -0.566 e. The fourth-order valence-electron chi connectivity index (χ4n) is 2.36. The van der Waals surface area contributed by atoms with Crippen LogP contribution in [0.2, 0.25) is 0 Å². The van der Waals surface area contributed by atoms with Gasteiger partial charge in [-0.2, -0.15) is 0 Å². The summed E-state index contributed by atoms with van der Waals surface area (Å²) in [7, 11) is -6.03. The molecule has 1 aliphatic heterocycles. The van der Waals surface area contributed by atoms with Gasteiger partial charge in [-0.15, -0.1) is 20.8 Å². The second-order valence-electron chi connectivity index (χ2n) is 6.22. The molecule has 9 nitrogen and oxygen atoms in total. The molecule has 2 aromatic carbocycles. The first-order chi connectivity index (χ1) is 15.2. The van der Waals surface area contributed by atoms with Gasteiger partial charge < -0.3 is 25.1 Å². The van der Waals surface area contributed by atoms with Gasteiger partial charge in [0.2, 0.25) is 12.6 Å². The van der Waals surface area contributed by atoms with E-state index in [-0.39, 0.29) is 37.7 Å². The number of thioether (sulfide) groups is 1. The third kappa shape index (κ3) is 11.6. The van der Waals surface area contributed by atoms with E-state index in [0.29, 0.717) is 16.4 Å². The molecule has 3 N–H and O–H groups in total. The van der Waals surface area contributed by atoms with Crippen LogP contribution in [0.15, 0.2) is 85.0 Å². The number of hydrogen-bond acceptors (Lipinski definition) is 10. The summed E-state index contributed by atoms with van der Waals surface area (Å²) >= 11 is 1.58. The third-order valence-corrected chi connectivity index (χ3v) is 5.97. The van der Waals surface area contributed by atoms with E-state index in [9.17, 15) is 24.0 Å². The number of benzene rings is 2. The van der Waals surface area contributed by atoms with Crippen molar-refractivity contribution in [1.82, 2.24) is 0 Å². The van der Waals surface area contributed by atoms with Crippen LogP contribution in [-0.2, 0) is 18.2 Å². The third-order valence-electron chi connectivity index (χ3n) is 3.94. The first kappa shape index (κ1) is 30.5. The first-order valence-corrected chi connectivity index (χ1v) is 12.1. The number of aliphatic hydroxyl groups is 3. The Labute approximate surface area is 226 Å². The maximum absolute atomic E-state index is 10.0. The van der Waals surface area contributed by atoms with E-state index < -0.39 is 34.0 Å². The van der Waals surface area contributed by atoms with Crippen LogP contribution in [0.5, 0.6) is 0 Å². The molecule has 1 heterocycles. The Morgan fingerprint density at radius 3 is 1.58 bits per heavy atom. The van der Waals surface area contributed by atoms with Crippen molar-refractivity contribution in [2.24, 2.45) is 0 Å². The summed E-state index contributed by atoms with van der Waals surface area (Å²) in [6, 6.07) is 16.5. The van der Waals surface area contributed by atoms with Crippen LogP contribution in [0.4, 0.5) is 0 Å². The summed E-state index contributed by atoms with van der Waals surface area (Å²) in [6.07, 6.45) is 4.92. The molecule has 2 aliphatic rings. The average molecular weight is 538 g/mol. The van der Waals surface area contributed by atoms with Crippen LogP contribution in [0.1, 0.15) is 23.7 Å². The van der Waals surface area contributed by atoms with E-state index in [4.69, 9.17) is 10.2 Å². The van der Waals surface area contributed by atoms with Crippen molar-refractivity contribution in [3.63, 3.8) is 0 Å². The Kier molecular flexibility index (Phi) is 14.3. The van der Waals surface area contributed by atoms with Crippen molar-refractivity contribution in [1.29, 1.82) is 0 Å². The fraction of sp³-hybridized carbons (Fsp3) is 0.200. The Bertz CT molecular complexity index is 892. The molecule has 0 spiro atoms. The predicted molar refractivity (Wildman–Crippen MR) is 121 cm³/mol. The van der Waals surface area contributed by atoms with E-state index in [0.717, 1.165) is 0 Å². The van der Waals surface area contributed by atoms with Gasteiger partial charge in [-0.25, -0.2) is 0 Å². The van der Waals surface area contributed by atoms with Crippen LogP contribution in [0.25, 0.3) is 0 Å². The quantitative estimate of drug-likeness (QED) is 0.215. The largest absolute Gasteiger partial charge is 2.00 e. The number of allylic oxidation sites excluding steroid dienone is 2. The first-order valence-electron chi connectivity index (χ1n) is 9.06. The Morgan fingerprint density at radius 1 is 0.848 bits per heavy atom. The van der Waals surface area contributed by atoms with Gasteiger partial charge in [-0.1, -0.05) is 78.9 Å². The van der Waals surface area contributed by atoms with E-state index in [1.165, 1.54) is 0 Å². The Morgan fingerprint density at radius 2 is 1.27 bits per heavy atom. The van der Waals surface area contributed by atoms with Gasteiger partial charge >= 0.3 is 54.2 Å². The zero-order valence-electron chi connectivity index (χ0n) is 17.1. The fourth-order valence-corrected chi connectivity index (χ4v) is 3.75. The summed E-state index contributed by atoms with van der Waals surface area (Å²) in [6.45, 7) is 0. The van der Waals surface area contributed by atoms with Crippen LogP contribution in [0.3, 0.4) is 0 Å². The normalized spacial score (nSPS) is 22.0. The van der Waals surface area contributed by atoms with Gasteiger partial charge in [0.1, 0.15) is 4.93 Å². The minimum atomic E-state index is -3.01. The Hall–Kier alpha value is -0.550. The van der Waals surface area contributed by atoms with Crippen molar-refractivity contribution in [2.75, 3.05) is 0 Å². The van der Waals surface area contributed by atoms with Gasteiger partial charge in [0.15, 0.2) is 0 Å². The van der Waals surface area contributed by atoms with Crippen molar-refractivity contribution >= 4 is 66.0 Å². The molecule has 6 unspecified atom stereocenters.